The minimum atomic E-state index is -0.309. The van der Waals surface area contributed by atoms with Gasteiger partial charge in [-0.05, 0) is 31.0 Å². The van der Waals surface area contributed by atoms with Crippen LogP contribution in [0.4, 0.5) is 9.52 Å². The van der Waals surface area contributed by atoms with E-state index in [0.717, 1.165) is 29.0 Å². The molecule has 0 saturated carbocycles. The highest BCUT2D eigenvalue weighted by atomic mass is 79.9. The Morgan fingerprint density at radius 1 is 1.45 bits per heavy atom. The summed E-state index contributed by atoms with van der Waals surface area (Å²) in [6.45, 7) is 0.973. The first-order valence-electron chi connectivity index (χ1n) is 6.35. The number of rotatable bonds is 3. The topological polar surface area (TPSA) is 49.2 Å². The molecular weight excluding hydrogens is 345 g/mol. The standard InChI is InChI=1S/C13H13BrFN3OS/c14-8-3-4-11(15)10(6-8)12-16-17-13(20-12)18-5-1-2-9(18)7-19/h3-4,6,9,19H,1-2,5,7H2/t9-/m1/s1. The molecule has 1 aliphatic heterocycles. The molecule has 1 aromatic heterocycles. The summed E-state index contributed by atoms with van der Waals surface area (Å²) >= 11 is 4.69. The first-order valence-corrected chi connectivity index (χ1v) is 7.96. The van der Waals surface area contributed by atoms with Gasteiger partial charge in [0, 0.05) is 16.6 Å². The van der Waals surface area contributed by atoms with Gasteiger partial charge in [-0.15, -0.1) is 10.2 Å². The normalized spacial score (nSPS) is 18.8. The largest absolute Gasteiger partial charge is 0.394 e. The highest BCUT2D eigenvalue weighted by Gasteiger charge is 2.27. The van der Waals surface area contributed by atoms with E-state index in [0.29, 0.717) is 10.6 Å². The second-order valence-corrected chi connectivity index (χ2v) is 6.56. The Morgan fingerprint density at radius 2 is 2.30 bits per heavy atom. The molecule has 2 heterocycles. The fourth-order valence-electron chi connectivity index (χ4n) is 2.38. The molecule has 1 aliphatic rings. The molecule has 4 nitrogen and oxygen atoms in total. The molecule has 0 radical (unpaired) electrons. The number of aromatic nitrogens is 2. The Hall–Kier alpha value is -1.05. The van der Waals surface area contributed by atoms with Gasteiger partial charge < -0.3 is 10.0 Å². The van der Waals surface area contributed by atoms with Crippen LogP contribution in [0, 0.1) is 5.82 Å². The van der Waals surface area contributed by atoms with Crippen LogP contribution in [0.15, 0.2) is 22.7 Å². The van der Waals surface area contributed by atoms with E-state index in [4.69, 9.17) is 0 Å². The van der Waals surface area contributed by atoms with E-state index >= 15 is 0 Å². The number of hydrogen-bond acceptors (Lipinski definition) is 5. The molecular formula is C13H13BrFN3OS. The Morgan fingerprint density at radius 3 is 3.10 bits per heavy atom. The lowest BCUT2D eigenvalue weighted by atomic mass is 10.2. The highest BCUT2D eigenvalue weighted by Crippen LogP contribution is 2.34. The van der Waals surface area contributed by atoms with Crippen LogP contribution in [-0.4, -0.2) is 34.5 Å². The van der Waals surface area contributed by atoms with E-state index < -0.39 is 0 Å². The fourth-order valence-corrected chi connectivity index (χ4v) is 3.70. The zero-order valence-electron chi connectivity index (χ0n) is 10.6. The van der Waals surface area contributed by atoms with Gasteiger partial charge in [0.05, 0.1) is 12.6 Å². The van der Waals surface area contributed by atoms with Gasteiger partial charge in [0.2, 0.25) is 5.13 Å². The van der Waals surface area contributed by atoms with Crippen LogP contribution in [-0.2, 0) is 0 Å². The number of aliphatic hydroxyl groups is 1. The van der Waals surface area contributed by atoms with Crippen molar-refractivity contribution in [3.8, 4) is 10.6 Å². The minimum Gasteiger partial charge on any atom is -0.394 e. The second kappa shape index (κ2) is 5.75. The molecule has 0 amide bonds. The van der Waals surface area contributed by atoms with Gasteiger partial charge in [-0.25, -0.2) is 4.39 Å². The summed E-state index contributed by atoms with van der Waals surface area (Å²) in [4.78, 5) is 2.05. The van der Waals surface area contributed by atoms with Gasteiger partial charge >= 0.3 is 0 Å². The number of halogens is 2. The van der Waals surface area contributed by atoms with Gasteiger partial charge in [-0.3, -0.25) is 0 Å². The van der Waals surface area contributed by atoms with Crippen molar-refractivity contribution in [3.05, 3.63) is 28.5 Å². The van der Waals surface area contributed by atoms with Crippen molar-refractivity contribution in [3.63, 3.8) is 0 Å². The maximum Gasteiger partial charge on any atom is 0.208 e. The average molecular weight is 358 g/mol. The third-order valence-corrected chi connectivity index (χ3v) is 4.89. The van der Waals surface area contributed by atoms with Crippen molar-refractivity contribution in [1.82, 2.24) is 10.2 Å². The molecule has 1 fully saturated rings. The Bertz CT molecular complexity index is 621. The molecule has 0 aliphatic carbocycles. The summed E-state index contributed by atoms with van der Waals surface area (Å²) in [6, 6.07) is 4.87. The molecule has 1 aromatic carbocycles. The first-order chi connectivity index (χ1) is 9.69. The van der Waals surface area contributed by atoms with Gasteiger partial charge in [0.15, 0.2) is 5.01 Å². The van der Waals surface area contributed by atoms with Crippen molar-refractivity contribution >= 4 is 32.4 Å². The lowest BCUT2D eigenvalue weighted by molar-refractivity contribution is 0.266. The van der Waals surface area contributed by atoms with Gasteiger partial charge in [-0.2, -0.15) is 0 Å². The zero-order valence-corrected chi connectivity index (χ0v) is 13.0. The predicted octanol–water partition coefficient (Wildman–Crippen LogP) is 3.07. The van der Waals surface area contributed by atoms with Gasteiger partial charge in [0.25, 0.3) is 0 Å². The van der Waals surface area contributed by atoms with E-state index in [2.05, 4.69) is 31.0 Å². The van der Waals surface area contributed by atoms with Crippen molar-refractivity contribution in [2.75, 3.05) is 18.1 Å². The van der Waals surface area contributed by atoms with Crippen LogP contribution in [0.25, 0.3) is 10.6 Å². The van der Waals surface area contributed by atoms with Gasteiger partial charge in [-0.1, -0.05) is 27.3 Å². The Balaban J connectivity index is 1.92. The molecule has 2 aromatic rings. The van der Waals surface area contributed by atoms with E-state index in [1.165, 1.54) is 17.4 Å². The summed E-state index contributed by atoms with van der Waals surface area (Å²) in [5.41, 5.74) is 0.447. The monoisotopic (exact) mass is 357 g/mol. The number of hydrogen-bond donors (Lipinski definition) is 1. The van der Waals surface area contributed by atoms with Crippen LogP contribution in [0.3, 0.4) is 0 Å². The Labute approximate surface area is 128 Å². The quantitative estimate of drug-likeness (QED) is 0.916. The molecule has 0 spiro atoms. The maximum atomic E-state index is 13.8. The van der Waals surface area contributed by atoms with E-state index in [9.17, 15) is 9.50 Å². The fraction of sp³-hybridized carbons (Fsp3) is 0.385. The molecule has 106 valence electrons. The molecule has 1 N–H and O–H groups in total. The summed E-state index contributed by atoms with van der Waals surface area (Å²) in [5.74, 6) is -0.309. The molecule has 0 unspecified atom stereocenters. The molecule has 7 heteroatoms. The number of nitrogens with zero attached hydrogens (tertiary/aromatic N) is 3. The molecule has 1 saturated heterocycles. The van der Waals surface area contributed by atoms with Crippen LogP contribution >= 0.6 is 27.3 Å². The molecule has 3 rings (SSSR count). The van der Waals surface area contributed by atoms with Crippen LogP contribution in [0.1, 0.15) is 12.8 Å². The third-order valence-electron chi connectivity index (χ3n) is 3.41. The molecule has 20 heavy (non-hydrogen) atoms. The minimum absolute atomic E-state index is 0.100. The first kappa shape index (κ1) is 13.9. The number of aliphatic hydroxyl groups excluding tert-OH is 1. The van der Waals surface area contributed by atoms with Crippen molar-refractivity contribution in [1.29, 1.82) is 0 Å². The SMILES string of the molecule is OC[C@H]1CCCN1c1nnc(-c2cc(Br)ccc2F)s1. The summed E-state index contributed by atoms with van der Waals surface area (Å²) < 4.78 is 14.7. The lowest BCUT2D eigenvalue weighted by Crippen LogP contribution is -2.31. The predicted molar refractivity (Wildman–Crippen MR) is 80.5 cm³/mol. The molecule has 1 atom stereocenters. The van der Waals surface area contributed by atoms with Crippen LogP contribution in [0.2, 0.25) is 0 Å². The van der Waals surface area contributed by atoms with Crippen molar-refractivity contribution < 1.29 is 9.50 Å². The number of anilines is 1. The highest BCUT2D eigenvalue weighted by molar-refractivity contribution is 9.10. The smallest absolute Gasteiger partial charge is 0.208 e. The lowest BCUT2D eigenvalue weighted by Gasteiger charge is -2.20. The van der Waals surface area contributed by atoms with Crippen molar-refractivity contribution in [2.45, 2.75) is 18.9 Å². The average Bonchev–Trinajstić information content (AvgIpc) is 3.08. The van der Waals surface area contributed by atoms with Crippen LogP contribution < -0.4 is 4.90 Å². The van der Waals surface area contributed by atoms with E-state index in [1.54, 1.807) is 12.1 Å². The maximum absolute atomic E-state index is 13.8. The second-order valence-electron chi connectivity index (χ2n) is 4.69. The van der Waals surface area contributed by atoms with Crippen molar-refractivity contribution in [2.24, 2.45) is 0 Å². The van der Waals surface area contributed by atoms with Crippen LogP contribution in [0.5, 0.6) is 0 Å². The van der Waals surface area contributed by atoms with E-state index in [-0.39, 0.29) is 18.5 Å². The summed E-state index contributed by atoms with van der Waals surface area (Å²) in [7, 11) is 0. The number of benzene rings is 1. The third kappa shape index (κ3) is 2.57. The van der Waals surface area contributed by atoms with E-state index in [1.807, 2.05) is 0 Å². The van der Waals surface area contributed by atoms with Gasteiger partial charge in [0.1, 0.15) is 5.82 Å². The summed E-state index contributed by atoms with van der Waals surface area (Å²) in [5, 5.41) is 18.9. The zero-order chi connectivity index (χ0) is 14.1. The summed E-state index contributed by atoms with van der Waals surface area (Å²) in [6.07, 6.45) is 1.99. The molecule has 0 bridgehead atoms. The Kier molecular flexibility index (Phi) is 4.00.